The summed E-state index contributed by atoms with van der Waals surface area (Å²) in [5, 5.41) is 3.41. The number of thioether (sulfide) groups is 1. The van der Waals surface area contributed by atoms with E-state index in [1.807, 2.05) is 12.1 Å². The average Bonchev–Trinajstić information content (AvgIpc) is 2.78. The smallest absolute Gasteiger partial charge is 0.441 e. The fourth-order valence-electron chi connectivity index (χ4n) is 2.52. The number of hydrogen-bond donors (Lipinski definition) is 1. The lowest BCUT2D eigenvalue weighted by molar-refractivity contribution is -0.0329. The minimum absolute atomic E-state index is 0.0426. The summed E-state index contributed by atoms with van der Waals surface area (Å²) in [4.78, 5) is 0. The summed E-state index contributed by atoms with van der Waals surface area (Å²) in [7, 11) is 0. The molecule has 0 aromatic heterocycles. The molecule has 0 saturated carbocycles. The second-order valence-corrected chi connectivity index (χ2v) is 5.78. The van der Waals surface area contributed by atoms with Crippen molar-refractivity contribution in [3.8, 4) is 5.75 Å². The molecule has 1 unspecified atom stereocenters. The number of hydrogen-bond acceptors (Lipinski definition) is 3. The van der Waals surface area contributed by atoms with Gasteiger partial charge in [-0.05, 0) is 48.3 Å². The van der Waals surface area contributed by atoms with Gasteiger partial charge in [0.05, 0.1) is 6.61 Å². The number of ether oxygens (including phenoxy) is 1. The van der Waals surface area contributed by atoms with Gasteiger partial charge in [0.15, 0.2) is 0 Å². The monoisotopic (exact) mass is 305 g/mol. The van der Waals surface area contributed by atoms with Crippen molar-refractivity contribution in [1.29, 1.82) is 0 Å². The van der Waals surface area contributed by atoms with Gasteiger partial charge in [-0.2, -0.15) is 13.2 Å². The first-order chi connectivity index (χ1) is 9.51. The highest BCUT2D eigenvalue weighted by Gasteiger charge is 2.28. The van der Waals surface area contributed by atoms with Gasteiger partial charge in [0.1, 0.15) is 5.75 Å². The number of rotatable bonds is 6. The molecule has 20 heavy (non-hydrogen) atoms. The zero-order valence-electron chi connectivity index (χ0n) is 11.3. The van der Waals surface area contributed by atoms with E-state index in [1.54, 1.807) is 0 Å². The van der Waals surface area contributed by atoms with E-state index < -0.39 is 5.51 Å². The standard InChI is InChI=1S/C14H18F3NOS/c1-2-18-12-7-6-11-10(12)4-3-5-13(11)19-8-9-20-14(15,16)17/h3-5,12,18H,2,6-9H2,1H3. The second-order valence-electron chi connectivity index (χ2n) is 4.62. The van der Waals surface area contributed by atoms with Crippen LogP contribution in [0.15, 0.2) is 18.2 Å². The molecule has 6 heteroatoms. The SMILES string of the molecule is CCNC1CCc2c(OCCSC(F)(F)F)cccc21. The Balaban J connectivity index is 1.93. The number of halogens is 3. The van der Waals surface area contributed by atoms with Gasteiger partial charge in [-0.1, -0.05) is 19.1 Å². The van der Waals surface area contributed by atoms with Crippen LogP contribution in [0.2, 0.25) is 0 Å². The molecule has 0 fully saturated rings. The summed E-state index contributed by atoms with van der Waals surface area (Å²) in [6, 6.07) is 6.14. The molecule has 1 aromatic carbocycles. The van der Waals surface area contributed by atoms with Gasteiger partial charge >= 0.3 is 5.51 Å². The van der Waals surface area contributed by atoms with Crippen LogP contribution in [-0.2, 0) is 6.42 Å². The molecule has 0 spiro atoms. The highest BCUT2D eigenvalue weighted by molar-refractivity contribution is 8.00. The first-order valence-corrected chi connectivity index (χ1v) is 7.68. The summed E-state index contributed by atoms with van der Waals surface area (Å²) in [6.07, 6.45) is 1.93. The minimum Gasteiger partial charge on any atom is -0.492 e. The maximum atomic E-state index is 12.0. The van der Waals surface area contributed by atoms with E-state index in [-0.39, 0.29) is 24.1 Å². The van der Waals surface area contributed by atoms with Crippen molar-refractivity contribution in [3.05, 3.63) is 29.3 Å². The lowest BCUT2D eigenvalue weighted by Crippen LogP contribution is -2.18. The molecule has 0 amide bonds. The molecule has 1 aromatic rings. The fourth-order valence-corrected chi connectivity index (χ4v) is 2.92. The van der Waals surface area contributed by atoms with Crippen LogP contribution in [-0.4, -0.2) is 24.4 Å². The predicted molar refractivity (Wildman–Crippen MR) is 75.2 cm³/mol. The van der Waals surface area contributed by atoms with Crippen molar-refractivity contribution in [2.75, 3.05) is 18.9 Å². The minimum atomic E-state index is -4.18. The fraction of sp³-hybridized carbons (Fsp3) is 0.571. The molecule has 0 saturated heterocycles. The number of benzene rings is 1. The molecule has 1 aliphatic carbocycles. The van der Waals surface area contributed by atoms with E-state index in [2.05, 4.69) is 18.3 Å². The lowest BCUT2D eigenvalue weighted by Gasteiger charge is -2.14. The molecule has 1 atom stereocenters. The van der Waals surface area contributed by atoms with Gasteiger partial charge in [-0.15, -0.1) is 0 Å². The van der Waals surface area contributed by atoms with E-state index in [0.717, 1.165) is 30.7 Å². The van der Waals surface area contributed by atoms with E-state index in [9.17, 15) is 13.2 Å². The normalized spacial score (nSPS) is 18.1. The van der Waals surface area contributed by atoms with Gasteiger partial charge in [0.2, 0.25) is 0 Å². The highest BCUT2D eigenvalue weighted by atomic mass is 32.2. The van der Waals surface area contributed by atoms with E-state index >= 15 is 0 Å². The first-order valence-electron chi connectivity index (χ1n) is 6.70. The molecule has 112 valence electrons. The third-order valence-corrected chi connectivity index (χ3v) is 3.98. The van der Waals surface area contributed by atoms with Crippen LogP contribution in [0.1, 0.15) is 30.5 Å². The molecule has 2 rings (SSSR count). The van der Waals surface area contributed by atoms with Crippen molar-refractivity contribution in [1.82, 2.24) is 5.32 Å². The summed E-state index contributed by atoms with van der Waals surface area (Å²) in [6.45, 7) is 3.04. The number of nitrogens with one attached hydrogen (secondary N) is 1. The third-order valence-electron chi connectivity index (χ3n) is 3.28. The molecule has 1 aliphatic rings. The Bertz CT molecular complexity index is 451. The Morgan fingerprint density at radius 1 is 1.40 bits per heavy atom. The lowest BCUT2D eigenvalue weighted by atomic mass is 10.1. The zero-order chi connectivity index (χ0) is 14.6. The van der Waals surface area contributed by atoms with Crippen LogP contribution in [0.4, 0.5) is 13.2 Å². The van der Waals surface area contributed by atoms with Gasteiger partial charge in [-0.25, -0.2) is 0 Å². The summed E-state index contributed by atoms with van der Waals surface area (Å²) in [5.41, 5.74) is -1.83. The highest BCUT2D eigenvalue weighted by Crippen LogP contribution is 2.37. The first kappa shape index (κ1) is 15.5. The van der Waals surface area contributed by atoms with Gasteiger partial charge in [0.25, 0.3) is 0 Å². The zero-order valence-corrected chi connectivity index (χ0v) is 12.1. The second kappa shape index (κ2) is 6.72. The topological polar surface area (TPSA) is 21.3 Å². The molecule has 2 nitrogen and oxygen atoms in total. The molecule has 0 bridgehead atoms. The van der Waals surface area contributed by atoms with Gasteiger partial charge in [-0.3, -0.25) is 0 Å². The van der Waals surface area contributed by atoms with Crippen LogP contribution < -0.4 is 10.1 Å². The number of alkyl halides is 3. The third kappa shape index (κ3) is 4.06. The van der Waals surface area contributed by atoms with Gasteiger partial charge < -0.3 is 10.1 Å². The van der Waals surface area contributed by atoms with E-state index in [4.69, 9.17) is 4.74 Å². The Hall–Kier alpha value is -0.880. The Morgan fingerprint density at radius 2 is 2.20 bits per heavy atom. The number of fused-ring (bicyclic) bond motifs is 1. The van der Waals surface area contributed by atoms with Crippen LogP contribution in [0.25, 0.3) is 0 Å². The Labute approximate surface area is 121 Å². The van der Waals surface area contributed by atoms with Crippen molar-refractivity contribution in [3.63, 3.8) is 0 Å². The van der Waals surface area contributed by atoms with Crippen molar-refractivity contribution < 1.29 is 17.9 Å². The Morgan fingerprint density at radius 3 is 2.90 bits per heavy atom. The average molecular weight is 305 g/mol. The van der Waals surface area contributed by atoms with Gasteiger partial charge in [0, 0.05) is 11.8 Å². The summed E-state index contributed by atoms with van der Waals surface area (Å²) >= 11 is -0.0426. The maximum absolute atomic E-state index is 12.0. The van der Waals surface area contributed by atoms with E-state index in [1.165, 1.54) is 5.56 Å². The molecule has 0 aliphatic heterocycles. The van der Waals surface area contributed by atoms with E-state index in [0.29, 0.717) is 6.04 Å². The molecule has 1 N–H and O–H groups in total. The molecule has 0 radical (unpaired) electrons. The van der Waals surface area contributed by atoms with Crippen molar-refractivity contribution >= 4 is 11.8 Å². The van der Waals surface area contributed by atoms with Crippen LogP contribution in [0, 0.1) is 0 Å². The Kier molecular flexibility index (Phi) is 5.21. The summed E-state index contributed by atoms with van der Waals surface area (Å²) < 4.78 is 41.6. The van der Waals surface area contributed by atoms with Crippen LogP contribution >= 0.6 is 11.8 Å². The maximum Gasteiger partial charge on any atom is 0.441 e. The quantitative estimate of drug-likeness (QED) is 0.805. The largest absolute Gasteiger partial charge is 0.492 e. The predicted octanol–water partition coefficient (Wildman–Crippen LogP) is 3.92. The molecule has 0 heterocycles. The summed E-state index contributed by atoms with van der Waals surface area (Å²) in [5.74, 6) is 0.648. The van der Waals surface area contributed by atoms with Crippen LogP contribution in [0.3, 0.4) is 0 Å². The van der Waals surface area contributed by atoms with Crippen molar-refractivity contribution in [2.45, 2.75) is 31.3 Å². The molecular formula is C14H18F3NOS. The van der Waals surface area contributed by atoms with Crippen LogP contribution in [0.5, 0.6) is 5.75 Å². The van der Waals surface area contributed by atoms with Crippen molar-refractivity contribution in [2.24, 2.45) is 0 Å². The molecular weight excluding hydrogens is 287 g/mol.